The van der Waals surface area contributed by atoms with E-state index in [-0.39, 0.29) is 22.3 Å². The third kappa shape index (κ3) is 2.80. The first-order valence-electron chi connectivity index (χ1n) is 6.70. The molecule has 2 heterocycles. The number of nitrogens with zero attached hydrogens (tertiary/aromatic N) is 1. The van der Waals surface area contributed by atoms with Crippen molar-refractivity contribution in [3.8, 4) is 0 Å². The molecular weight excluding hydrogens is 304 g/mol. The Hall–Kier alpha value is -3.09. The van der Waals surface area contributed by atoms with E-state index in [0.717, 1.165) is 17.8 Å². The van der Waals surface area contributed by atoms with Crippen molar-refractivity contribution >= 4 is 22.6 Å². The normalized spacial score (nSPS) is 10.7. The van der Waals surface area contributed by atoms with Crippen molar-refractivity contribution in [3.05, 3.63) is 69.6 Å². The Balaban J connectivity index is 2.03. The number of fused-ring (bicyclic) bond motifs is 1. The van der Waals surface area contributed by atoms with E-state index < -0.39 is 23.0 Å². The van der Waals surface area contributed by atoms with Crippen molar-refractivity contribution in [2.45, 2.75) is 6.92 Å². The molecule has 2 aromatic heterocycles. The maximum atomic E-state index is 13.8. The van der Waals surface area contributed by atoms with Crippen LogP contribution >= 0.6 is 0 Å². The van der Waals surface area contributed by atoms with E-state index in [9.17, 15) is 18.4 Å². The van der Waals surface area contributed by atoms with Gasteiger partial charge in [0.05, 0.1) is 10.9 Å². The molecule has 116 valence electrons. The van der Waals surface area contributed by atoms with Crippen molar-refractivity contribution in [2.75, 3.05) is 5.32 Å². The molecule has 0 aliphatic carbocycles. The van der Waals surface area contributed by atoms with Crippen molar-refractivity contribution < 1.29 is 13.6 Å². The van der Waals surface area contributed by atoms with E-state index in [0.29, 0.717) is 6.07 Å². The molecule has 0 bridgehead atoms. The van der Waals surface area contributed by atoms with Crippen LogP contribution in [0, 0.1) is 18.6 Å². The first kappa shape index (κ1) is 14.8. The van der Waals surface area contributed by atoms with Gasteiger partial charge in [-0.25, -0.2) is 13.8 Å². The average molecular weight is 315 g/mol. The average Bonchev–Trinajstić information content (AvgIpc) is 2.49. The first-order chi connectivity index (χ1) is 11.0. The molecule has 0 saturated carbocycles. The molecule has 1 amide bonds. The Morgan fingerprint density at radius 3 is 2.74 bits per heavy atom. The molecule has 5 nitrogen and oxygen atoms in total. The monoisotopic (exact) mass is 315 g/mol. The smallest absolute Gasteiger partial charge is 0.262 e. The predicted octanol–water partition coefficient (Wildman–Crippen LogP) is 2.76. The van der Waals surface area contributed by atoms with Gasteiger partial charge in [-0.15, -0.1) is 0 Å². The van der Waals surface area contributed by atoms with Gasteiger partial charge in [0.2, 0.25) is 5.43 Å². The van der Waals surface area contributed by atoms with E-state index in [1.54, 1.807) is 18.3 Å². The lowest BCUT2D eigenvalue weighted by Gasteiger charge is -2.06. The number of carbonyl (C=O) groups is 1. The highest BCUT2D eigenvalue weighted by Gasteiger charge is 2.16. The van der Waals surface area contributed by atoms with Gasteiger partial charge in [-0.1, -0.05) is 6.07 Å². The van der Waals surface area contributed by atoms with E-state index >= 15 is 0 Å². The van der Waals surface area contributed by atoms with Crippen LogP contribution in [0.5, 0.6) is 0 Å². The van der Waals surface area contributed by atoms with Crippen molar-refractivity contribution in [2.24, 2.45) is 0 Å². The number of halogens is 2. The van der Waals surface area contributed by atoms with E-state index in [1.165, 1.54) is 0 Å². The van der Waals surface area contributed by atoms with Crippen molar-refractivity contribution in [3.63, 3.8) is 0 Å². The van der Waals surface area contributed by atoms with Crippen LogP contribution in [0.15, 0.2) is 41.5 Å². The summed E-state index contributed by atoms with van der Waals surface area (Å²) in [4.78, 5) is 31.0. The second-order valence-electron chi connectivity index (χ2n) is 5.02. The SMILES string of the molecule is Cc1ccc(NC(=O)c2c[nH]c3cc(F)cc(F)c3c2=O)nc1. The number of H-pyrrole nitrogens is 1. The van der Waals surface area contributed by atoms with Crippen LogP contribution in [0.25, 0.3) is 10.9 Å². The van der Waals surface area contributed by atoms with Gasteiger partial charge in [0.1, 0.15) is 23.0 Å². The lowest BCUT2D eigenvalue weighted by Crippen LogP contribution is -2.23. The number of pyridine rings is 2. The summed E-state index contributed by atoms with van der Waals surface area (Å²) in [6.07, 6.45) is 2.68. The maximum Gasteiger partial charge on any atom is 0.262 e. The van der Waals surface area contributed by atoms with Gasteiger partial charge in [0.25, 0.3) is 5.91 Å². The van der Waals surface area contributed by atoms with Gasteiger partial charge in [-0.2, -0.15) is 0 Å². The summed E-state index contributed by atoms with van der Waals surface area (Å²) in [5, 5.41) is 2.09. The van der Waals surface area contributed by atoms with Gasteiger partial charge in [-0.3, -0.25) is 9.59 Å². The van der Waals surface area contributed by atoms with E-state index in [1.807, 2.05) is 6.92 Å². The Morgan fingerprint density at radius 1 is 1.26 bits per heavy atom. The zero-order valence-electron chi connectivity index (χ0n) is 12.0. The number of benzene rings is 1. The molecule has 1 aromatic carbocycles. The van der Waals surface area contributed by atoms with Gasteiger partial charge >= 0.3 is 0 Å². The van der Waals surface area contributed by atoms with Gasteiger partial charge in [0.15, 0.2) is 0 Å². The number of aromatic nitrogens is 2. The van der Waals surface area contributed by atoms with Crippen LogP contribution in [0.3, 0.4) is 0 Å². The number of anilines is 1. The summed E-state index contributed by atoms with van der Waals surface area (Å²) in [6.45, 7) is 1.84. The topological polar surface area (TPSA) is 74.8 Å². The third-order valence-electron chi connectivity index (χ3n) is 3.30. The Labute approximate surface area is 129 Å². The number of hydrogen-bond donors (Lipinski definition) is 2. The van der Waals surface area contributed by atoms with Crippen LogP contribution in [0.4, 0.5) is 14.6 Å². The molecule has 3 rings (SSSR count). The first-order valence-corrected chi connectivity index (χ1v) is 6.70. The van der Waals surface area contributed by atoms with Crippen molar-refractivity contribution in [1.82, 2.24) is 9.97 Å². The fourth-order valence-corrected chi connectivity index (χ4v) is 2.16. The fraction of sp³-hybridized carbons (Fsp3) is 0.0625. The zero-order chi connectivity index (χ0) is 16.6. The van der Waals surface area contributed by atoms with Crippen LogP contribution in [-0.4, -0.2) is 15.9 Å². The van der Waals surface area contributed by atoms with Crippen molar-refractivity contribution in [1.29, 1.82) is 0 Å². The maximum absolute atomic E-state index is 13.8. The van der Waals surface area contributed by atoms with Gasteiger partial charge in [-0.05, 0) is 24.6 Å². The highest BCUT2D eigenvalue weighted by molar-refractivity contribution is 6.05. The molecule has 3 aromatic rings. The van der Waals surface area contributed by atoms with Crippen LogP contribution in [-0.2, 0) is 0 Å². The number of amides is 1. The number of hydrogen-bond acceptors (Lipinski definition) is 3. The highest BCUT2D eigenvalue weighted by atomic mass is 19.1. The molecule has 0 unspecified atom stereocenters. The van der Waals surface area contributed by atoms with Gasteiger partial charge < -0.3 is 10.3 Å². The number of rotatable bonds is 2. The molecule has 0 aliphatic rings. The van der Waals surface area contributed by atoms with Crippen LogP contribution in [0.2, 0.25) is 0 Å². The molecule has 0 radical (unpaired) electrons. The standard InChI is InChI=1S/C16H11F2N3O2/c1-8-2-3-13(20-6-8)21-16(23)10-7-19-12-5-9(17)4-11(18)14(12)15(10)22/h2-7H,1H3,(H,19,22)(H,20,21,23). The van der Waals surface area contributed by atoms with Gasteiger partial charge in [0, 0.05) is 18.5 Å². The molecular formula is C16H11F2N3O2. The molecule has 0 spiro atoms. The second kappa shape index (κ2) is 5.60. The zero-order valence-corrected chi connectivity index (χ0v) is 12.0. The van der Waals surface area contributed by atoms with Crippen LogP contribution in [0.1, 0.15) is 15.9 Å². The highest BCUT2D eigenvalue weighted by Crippen LogP contribution is 2.15. The molecule has 0 atom stereocenters. The van der Waals surface area contributed by atoms with Crippen LogP contribution < -0.4 is 10.7 Å². The molecule has 23 heavy (non-hydrogen) atoms. The number of carbonyl (C=O) groups excluding carboxylic acids is 1. The number of aromatic amines is 1. The second-order valence-corrected chi connectivity index (χ2v) is 5.02. The lowest BCUT2D eigenvalue weighted by atomic mass is 10.1. The third-order valence-corrected chi connectivity index (χ3v) is 3.30. The predicted molar refractivity (Wildman–Crippen MR) is 81.4 cm³/mol. The minimum atomic E-state index is -1.02. The summed E-state index contributed by atoms with van der Waals surface area (Å²) < 4.78 is 27.0. The van der Waals surface area contributed by atoms with E-state index in [2.05, 4.69) is 15.3 Å². The fourth-order valence-electron chi connectivity index (χ4n) is 2.16. The quantitative estimate of drug-likeness (QED) is 0.763. The minimum absolute atomic E-state index is 0.0162. The Morgan fingerprint density at radius 2 is 2.04 bits per heavy atom. The summed E-state index contributed by atoms with van der Waals surface area (Å²) in [6, 6.07) is 4.91. The Kier molecular flexibility index (Phi) is 3.61. The lowest BCUT2D eigenvalue weighted by molar-refractivity contribution is 0.102. The number of nitrogens with one attached hydrogen (secondary N) is 2. The molecule has 7 heteroatoms. The Bertz CT molecular complexity index is 965. The number of aryl methyl sites for hydroxylation is 1. The molecule has 0 saturated heterocycles. The van der Waals surface area contributed by atoms with E-state index in [4.69, 9.17) is 0 Å². The minimum Gasteiger partial charge on any atom is -0.360 e. The summed E-state index contributed by atoms with van der Waals surface area (Å²) in [5.41, 5.74) is -0.209. The summed E-state index contributed by atoms with van der Waals surface area (Å²) in [5.74, 6) is -2.30. The molecule has 0 fully saturated rings. The largest absolute Gasteiger partial charge is 0.360 e. The molecule has 0 aliphatic heterocycles. The summed E-state index contributed by atoms with van der Waals surface area (Å²) >= 11 is 0. The molecule has 2 N–H and O–H groups in total. The summed E-state index contributed by atoms with van der Waals surface area (Å²) in [7, 11) is 0.